The number of rotatable bonds is 4. The van der Waals surface area contributed by atoms with E-state index in [1.54, 1.807) is 0 Å². The lowest BCUT2D eigenvalue weighted by Gasteiger charge is -2.41. The fraction of sp³-hybridized carbons (Fsp3) is 0.929. The van der Waals surface area contributed by atoms with Crippen LogP contribution in [0.15, 0.2) is 0 Å². The number of piperidine rings is 1. The summed E-state index contributed by atoms with van der Waals surface area (Å²) in [7, 11) is 0. The number of nitrogens with zero attached hydrogens (tertiary/aromatic N) is 1. The van der Waals surface area contributed by atoms with Crippen LogP contribution in [0.4, 0.5) is 0 Å². The van der Waals surface area contributed by atoms with Crippen LogP contribution >= 0.6 is 0 Å². The number of carbonyl (C=O) groups is 1. The Kier molecular flexibility index (Phi) is 5.60. The van der Waals surface area contributed by atoms with Gasteiger partial charge < -0.3 is 11.1 Å². The molecule has 1 amide bonds. The average molecular weight is 255 g/mol. The second kappa shape index (κ2) is 6.53. The quantitative estimate of drug-likeness (QED) is 0.800. The van der Waals surface area contributed by atoms with E-state index in [0.717, 1.165) is 38.8 Å². The minimum Gasteiger partial charge on any atom is -0.352 e. The Morgan fingerprint density at radius 1 is 1.39 bits per heavy atom. The SMILES string of the molecule is CCC[C@H](N)C(=O)NC1CCN(C(C)(C)C)CC1. The van der Waals surface area contributed by atoms with Gasteiger partial charge in [-0.25, -0.2) is 0 Å². The van der Waals surface area contributed by atoms with Crippen LogP contribution in [0.2, 0.25) is 0 Å². The van der Waals surface area contributed by atoms with Crippen LogP contribution < -0.4 is 11.1 Å². The zero-order valence-electron chi connectivity index (χ0n) is 12.3. The first-order valence-electron chi connectivity index (χ1n) is 7.15. The summed E-state index contributed by atoms with van der Waals surface area (Å²) < 4.78 is 0. The lowest BCUT2D eigenvalue weighted by Crippen LogP contribution is -2.53. The largest absolute Gasteiger partial charge is 0.352 e. The Hall–Kier alpha value is -0.610. The first-order valence-corrected chi connectivity index (χ1v) is 7.15. The molecule has 1 atom stereocenters. The maximum Gasteiger partial charge on any atom is 0.237 e. The van der Waals surface area contributed by atoms with Gasteiger partial charge in [0.1, 0.15) is 0 Å². The molecule has 0 spiro atoms. The lowest BCUT2D eigenvalue weighted by atomic mass is 9.98. The normalized spacial score (nSPS) is 20.7. The Morgan fingerprint density at radius 3 is 2.39 bits per heavy atom. The van der Waals surface area contributed by atoms with E-state index in [9.17, 15) is 4.79 Å². The molecule has 0 aromatic carbocycles. The monoisotopic (exact) mass is 255 g/mol. The third kappa shape index (κ3) is 4.58. The molecule has 0 aromatic rings. The number of hydrogen-bond acceptors (Lipinski definition) is 3. The number of carbonyl (C=O) groups excluding carboxylic acids is 1. The molecule has 3 N–H and O–H groups in total. The first-order chi connectivity index (χ1) is 8.34. The van der Waals surface area contributed by atoms with Gasteiger partial charge in [-0.05, 0) is 40.0 Å². The van der Waals surface area contributed by atoms with Crippen LogP contribution in [-0.2, 0) is 4.79 Å². The Morgan fingerprint density at radius 2 is 1.94 bits per heavy atom. The average Bonchev–Trinajstić information content (AvgIpc) is 2.28. The van der Waals surface area contributed by atoms with Gasteiger partial charge in [-0.1, -0.05) is 13.3 Å². The third-order valence-corrected chi connectivity index (χ3v) is 3.73. The van der Waals surface area contributed by atoms with Gasteiger partial charge in [0.05, 0.1) is 6.04 Å². The minimum atomic E-state index is -0.337. The number of hydrogen-bond donors (Lipinski definition) is 2. The molecule has 1 aliphatic rings. The highest BCUT2D eigenvalue weighted by molar-refractivity contribution is 5.81. The third-order valence-electron chi connectivity index (χ3n) is 3.73. The molecule has 1 saturated heterocycles. The van der Waals surface area contributed by atoms with E-state index in [2.05, 4.69) is 37.9 Å². The summed E-state index contributed by atoms with van der Waals surface area (Å²) in [6.45, 7) is 10.9. The number of nitrogens with one attached hydrogen (secondary N) is 1. The Balaban J connectivity index is 2.33. The fourth-order valence-corrected chi connectivity index (χ4v) is 2.44. The topological polar surface area (TPSA) is 58.4 Å². The summed E-state index contributed by atoms with van der Waals surface area (Å²) in [6.07, 6.45) is 3.79. The van der Waals surface area contributed by atoms with Gasteiger partial charge in [0.25, 0.3) is 0 Å². The molecule has 0 radical (unpaired) electrons. The highest BCUT2D eigenvalue weighted by atomic mass is 16.2. The first kappa shape index (κ1) is 15.4. The Bertz CT molecular complexity index is 265. The van der Waals surface area contributed by atoms with Crippen molar-refractivity contribution in [1.29, 1.82) is 0 Å². The van der Waals surface area contributed by atoms with Crippen molar-refractivity contribution in [3.63, 3.8) is 0 Å². The van der Waals surface area contributed by atoms with Crippen molar-refractivity contribution in [2.45, 2.75) is 71.0 Å². The molecule has 0 bridgehead atoms. The lowest BCUT2D eigenvalue weighted by molar-refractivity contribution is -0.123. The molecule has 1 fully saturated rings. The molecular weight excluding hydrogens is 226 g/mol. The molecule has 0 saturated carbocycles. The van der Waals surface area contributed by atoms with Gasteiger partial charge in [0.15, 0.2) is 0 Å². The summed E-state index contributed by atoms with van der Waals surface area (Å²) in [5.41, 5.74) is 6.05. The van der Waals surface area contributed by atoms with Crippen molar-refractivity contribution in [1.82, 2.24) is 10.2 Å². The molecule has 106 valence electrons. The molecular formula is C14H29N3O. The summed E-state index contributed by atoms with van der Waals surface area (Å²) in [5, 5.41) is 3.08. The van der Waals surface area contributed by atoms with Crippen LogP contribution in [0.25, 0.3) is 0 Å². The van der Waals surface area contributed by atoms with Crippen molar-refractivity contribution in [3.05, 3.63) is 0 Å². The zero-order valence-corrected chi connectivity index (χ0v) is 12.3. The Labute approximate surface area is 111 Å². The van der Waals surface area contributed by atoms with Crippen LogP contribution in [0.1, 0.15) is 53.4 Å². The van der Waals surface area contributed by atoms with Gasteiger partial charge in [-0.2, -0.15) is 0 Å². The van der Waals surface area contributed by atoms with Gasteiger partial charge in [-0.3, -0.25) is 9.69 Å². The number of nitrogens with two attached hydrogens (primary N) is 1. The molecule has 1 rings (SSSR count). The second-order valence-corrected chi connectivity index (χ2v) is 6.34. The maximum absolute atomic E-state index is 11.8. The predicted octanol–water partition coefficient (Wildman–Crippen LogP) is 1.49. The van der Waals surface area contributed by atoms with Crippen LogP contribution in [0, 0.1) is 0 Å². The zero-order chi connectivity index (χ0) is 13.8. The van der Waals surface area contributed by atoms with Crippen LogP contribution in [0.3, 0.4) is 0 Å². The molecule has 1 heterocycles. The van der Waals surface area contributed by atoms with Crippen molar-refractivity contribution >= 4 is 5.91 Å². The van der Waals surface area contributed by atoms with Gasteiger partial charge in [0.2, 0.25) is 5.91 Å². The summed E-state index contributed by atoms with van der Waals surface area (Å²) in [4.78, 5) is 14.3. The van der Waals surface area contributed by atoms with E-state index in [1.165, 1.54) is 0 Å². The number of amides is 1. The van der Waals surface area contributed by atoms with E-state index in [1.807, 2.05) is 0 Å². The molecule has 4 heteroatoms. The van der Waals surface area contributed by atoms with E-state index in [-0.39, 0.29) is 17.5 Å². The maximum atomic E-state index is 11.8. The molecule has 18 heavy (non-hydrogen) atoms. The number of likely N-dealkylation sites (tertiary alicyclic amines) is 1. The standard InChI is InChI=1S/C14H29N3O/c1-5-6-12(15)13(18)16-11-7-9-17(10-8-11)14(2,3)4/h11-12H,5-10,15H2,1-4H3,(H,16,18)/t12-/m0/s1. The van der Waals surface area contributed by atoms with E-state index >= 15 is 0 Å². The molecule has 0 aliphatic carbocycles. The van der Waals surface area contributed by atoms with E-state index in [0.29, 0.717) is 6.04 Å². The van der Waals surface area contributed by atoms with Gasteiger partial charge in [-0.15, -0.1) is 0 Å². The van der Waals surface area contributed by atoms with Crippen molar-refractivity contribution in [2.24, 2.45) is 5.73 Å². The molecule has 0 aromatic heterocycles. The van der Waals surface area contributed by atoms with Crippen molar-refractivity contribution in [2.75, 3.05) is 13.1 Å². The van der Waals surface area contributed by atoms with Crippen LogP contribution in [-0.4, -0.2) is 41.5 Å². The van der Waals surface area contributed by atoms with E-state index in [4.69, 9.17) is 5.73 Å². The molecule has 4 nitrogen and oxygen atoms in total. The predicted molar refractivity (Wildman–Crippen MR) is 75.4 cm³/mol. The second-order valence-electron chi connectivity index (χ2n) is 6.34. The van der Waals surface area contributed by atoms with Crippen molar-refractivity contribution in [3.8, 4) is 0 Å². The van der Waals surface area contributed by atoms with E-state index < -0.39 is 0 Å². The summed E-state index contributed by atoms with van der Waals surface area (Å²) in [5.74, 6) is 0.0195. The summed E-state index contributed by atoms with van der Waals surface area (Å²) in [6, 6.07) is -0.0327. The van der Waals surface area contributed by atoms with Gasteiger partial charge in [0, 0.05) is 24.7 Å². The smallest absolute Gasteiger partial charge is 0.237 e. The summed E-state index contributed by atoms with van der Waals surface area (Å²) >= 11 is 0. The highest BCUT2D eigenvalue weighted by Crippen LogP contribution is 2.20. The highest BCUT2D eigenvalue weighted by Gasteiger charge is 2.28. The minimum absolute atomic E-state index is 0.0195. The molecule has 0 unspecified atom stereocenters. The molecule has 1 aliphatic heterocycles. The fourth-order valence-electron chi connectivity index (χ4n) is 2.44. The van der Waals surface area contributed by atoms with Gasteiger partial charge >= 0.3 is 0 Å². The van der Waals surface area contributed by atoms with Crippen molar-refractivity contribution < 1.29 is 4.79 Å². The van der Waals surface area contributed by atoms with Crippen LogP contribution in [0.5, 0.6) is 0 Å².